The van der Waals surface area contributed by atoms with Crippen molar-refractivity contribution in [3.8, 4) is 5.75 Å². The average Bonchev–Trinajstić information content (AvgIpc) is 3.70. The number of hydrogen-bond donors (Lipinski definition) is 13. The number of phenolic OH excluding ortho intramolecular Hbond substituents is 1. The lowest BCUT2D eigenvalue weighted by Crippen LogP contribution is -2.61. The van der Waals surface area contributed by atoms with Gasteiger partial charge < -0.3 is 75.1 Å². The van der Waals surface area contributed by atoms with Gasteiger partial charge in [-0.2, -0.15) is 0 Å². The van der Waals surface area contributed by atoms with Gasteiger partial charge in [0.25, 0.3) is 0 Å². The van der Waals surface area contributed by atoms with Crippen molar-refractivity contribution in [1.82, 2.24) is 47.1 Å². The van der Waals surface area contributed by atoms with E-state index in [1.165, 1.54) is 26.2 Å². The number of carbonyl (C=O) groups is 10. The molecule has 0 aliphatic carbocycles. The zero-order valence-corrected chi connectivity index (χ0v) is 38.4. The Kier molecular flexibility index (Phi) is 21.3. The third kappa shape index (κ3) is 17.3. The molecule has 0 aliphatic heterocycles. The lowest BCUT2D eigenvalue weighted by molar-refractivity contribution is -0.139. The van der Waals surface area contributed by atoms with Crippen LogP contribution in [0.25, 0.3) is 10.9 Å². The molecule has 17 N–H and O–H groups in total. The fraction of sp³-hybridized carbons (Fsp3) is 0.455. The number of primary amides is 3. The summed E-state index contributed by atoms with van der Waals surface area (Å²) in [6.45, 7) is 2.10. The second-order valence-corrected chi connectivity index (χ2v) is 16.3. The third-order valence-electron chi connectivity index (χ3n) is 10.8. The van der Waals surface area contributed by atoms with Crippen LogP contribution in [0.5, 0.6) is 5.75 Å². The molecule has 24 heteroatoms. The Balaban J connectivity index is 1.75. The molecule has 0 aliphatic rings. The molecule has 0 spiro atoms. The SMILES string of the molecule is CC[C@H](C)[C@H](NC(=O)[C@@H](N)Cc1ccc(O)cc1)C(=O)N[C@@H](CCC(N)=O)C(=O)N[C@@H](CC(N)=O)C(=O)N[C@@H](CNC)C(=O)N(C)CC(=O)N[C@@H](Cc1c[nH]c2ccccc12)C(=O)NCC(N)=O. The first-order valence-electron chi connectivity index (χ1n) is 21.7. The summed E-state index contributed by atoms with van der Waals surface area (Å²) in [6.07, 6.45) is 0.540. The van der Waals surface area contributed by atoms with E-state index in [9.17, 15) is 53.1 Å². The Morgan fingerprint density at radius 1 is 0.721 bits per heavy atom. The Hall–Kier alpha value is -7.60. The number of para-hydroxylation sites is 1. The molecule has 10 amide bonds. The van der Waals surface area contributed by atoms with Crippen molar-refractivity contribution in [2.75, 3.05) is 33.7 Å². The molecule has 68 heavy (non-hydrogen) atoms. The minimum Gasteiger partial charge on any atom is -0.508 e. The quantitative estimate of drug-likeness (QED) is 0.0330. The summed E-state index contributed by atoms with van der Waals surface area (Å²) in [6, 6.07) is 5.02. The predicted molar refractivity (Wildman–Crippen MR) is 247 cm³/mol. The maximum absolute atomic E-state index is 13.8. The summed E-state index contributed by atoms with van der Waals surface area (Å²) >= 11 is 0. The predicted octanol–water partition coefficient (Wildman–Crippen LogP) is -4.12. The first-order valence-corrected chi connectivity index (χ1v) is 21.7. The number of fused-ring (bicyclic) bond motifs is 1. The first-order chi connectivity index (χ1) is 32.1. The van der Waals surface area contributed by atoms with Crippen molar-refractivity contribution < 1.29 is 53.1 Å². The maximum atomic E-state index is 13.8. The molecule has 2 aromatic carbocycles. The van der Waals surface area contributed by atoms with Gasteiger partial charge in [0.2, 0.25) is 59.1 Å². The molecule has 24 nitrogen and oxygen atoms in total. The minimum absolute atomic E-state index is 0.0107. The van der Waals surface area contributed by atoms with Crippen LogP contribution in [0.3, 0.4) is 0 Å². The summed E-state index contributed by atoms with van der Waals surface area (Å²) in [4.78, 5) is 134. The topological polar surface area (TPSA) is 398 Å². The molecule has 0 unspecified atom stereocenters. The minimum atomic E-state index is -1.74. The fourth-order valence-electron chi connectivity index (χ4n) is 6.94. The summed E-state index contributed by atoms with van der Waals surface area (Å²) < 4.78 is 0. The number of nitrogens with one attached hydrogen (secondary N) is 8. The van der Waals surface area contributed by atoms with Crippen molar-refractivity contribution >= 4 is 70.0 Å². The molecular weight excluding hydrogens is 887 g/mol. The number of rotatable bonds is 28. The smallest absolute Gasteiger partial charge is 0.246 e. The number of H-pyrrole nitrogens is 1. The van der Waals surface area contributed by atoms with Gasteiger partial charge in [-0.3, -0.25) is 47.9 Å². The van der Waals surface area contributed by atoms with E-state index in [-0.39, 0.29) is 31.6 Å². The molecule has 0 radical (unpaired) electrons. The number of amides is 10. The van der Waals surface area contributed by atoms with E-state index in [4.69, 9.17) is 22.9 Å². The molecule has 1 aromatic heterocycles. The van der Waals surface area contributed by atoms with E-state index in [1.807, 2.05) is 18.2 Å². The van der Waals surface area contributed by atoms with Gasteiger partial charge in [-0.1, -0.05) is 50.6 Å². The van der Waals surface area contributed by atoms with Gasteiger partial charge in [0.05, 0.1) is 25.6 Å². The highest BCUT2D eigenvalue weighted by molar-refractivity contribution is 5.98. The van der Waals surface area contributed by atoms with Crippen LogP contribution in [0.1, 0.15) is 50.7 Å². The van der Waals surface area contributed by atoms with Crippen LogP contribution in [-0.2, 0) is 60.8 Å². The Bertz CT molecular complexity index is 2290. The Labute approximate surface area is 392 Å². The number of likely N-dealkylation sites (N-methyl/N-ethyl adjacent to an activating group) is 2. The van der Waals surface area contributed by atoms with Crippen LogP contribution < -0.4 is 60.2 Å². The second kappa shape index (κ2) is 26.5. The molecule has 3 rings (SSSR count). The van der Waals surface area contributed by atoms with Crippen LogP contribution in [0, 0.1) is 5.92 Å². The molecule has 0 fully saturated rings. The highest BCUT2D eigenvalue weighted by atomic mass is 16.3. The summed E-state index contributed by atoms with van der Waals surface area (Å²) in [7, 11) is 2.72. The number of carbonyl (C=O) groups excluding carboxylic acids is 10. The molecule has 0 bridgehead atoms. The van der Waals surface area contributed by atoms with Crippen molar-refractivity contribution in [3.63, 3.8) is 0 Å². The van der Waals surface area contributed by atoms with Gasteiger partial charge in [0.1, 0.15) is 36.0 Å². The number of phenols is 1. The van der Waals surface area contributed by atoms with Crippen molar-refractivity contribution in [2.45, 2.75) is 88.6 Å². The Morgan fingerprint density at radius 3 is 1.97 bits per heavy atom. The number of aromatic amines is 1. The highest BCUT2D eigenvalue weighted by Crippen LogP contribution is 2.19. The van der Waals surface area contributed by atoms with Gasteiger partial charge in [-0.25, -0.2) is 0 Å². The fourth-order valence-corrected chi connectivity index (χ4v) is 6.94. The summed E-state index contributed by atoms with van der Waals surface area (Å²) in [5.74, 6) is -9.15. The van der Waals surface area contributed by atoms with Crippen LogP contribution >= 0.6 is 0 Å². The van der Waals surface area contributed by atoms with Gasteiger partial charge in [-0.05, 0) is 55.1 Å². The van der Waals surface area contributed by atoms with Gasteiger partial charge in [-0.15, -0.1) is 0 Å². The number of aromatic hydroxyl groups is 1. The summed E-state index contributed by atoms with van der Waals surface area (Å²) in [5, 5.41) is 28.0. The molecule has 1 heterocycles. The number of benzene rings is 2. The monoisotopic (exact) mass is 949 g/mol. The lowest BCUT2D eigenvalue weighted by Gasteiger charge is -2.29. The van der Waals surface area contributed by atoms with E-state index >= 15 is 0 Å². The van der Waals surface area contributed by atoms with E-state index < -0.39 is 127 Å². The van der Waals surface area contributed by atoms with Crippen LogP contribution in [0.15, 0.2) is 54.7 Å². The normalized spacial score (nSPS) is 14.1. The van der Waals surface area contributed by atoms with Gasteiger partial charge >= 0.3 is 0 Å². The van der Waals surface area contributed by atoms with Crippen LogP contribution in [0.2, 0.25) is 0 Å². The number of hydrogen-bond acceptors (Lipinski definition) is 13. The van der Waals surface area contributed by atoms with Gasteiger partial charge in [0, 0.05) is 43.5 Å². The second-order valence-electron chi connectivity index (χ2n) is 16.3. The van der Waals surface area contributed by atoms with E-state index in [0.717, 1.165) is 15.8 Å². The summed E-state index contributed by atoms with van der Waals surface area (Å²) in [5.41, 5.74) is 24.2. The highest BCUT2D eigenvalue weighted by Gasteiger charge is 2.35. The zero-order chi connectivity index (χ0) is 50.7. The number of nitrogens with zero attached hydrogens (tertiary/aromatic N) is 1. The van der Waals surface area contributed by atoms with Crippen molar-refractivity contribution in [3.05, 3.63) is 65.9 Å². The molecule has 0 saturated carbocycles. The lowest BCUT2D eigenvalue weighted by atomic mass is 9.96. The first kappa shape index (κ1) is 54.7. The third-order valence-corrected chi connectivity index (χ3v) is 10.8. The van der Waals surface area contributed by atoms with E-state index in [2.05, 4.69) is 42.2 Å². The number of nitrogens with two attached hydrogens (primary N) is 4. The molecular formula is C44H63N13O11. The standard InChI is InChI=1S/C44H63N13O11/c1-5-23(2)38(56-39(63)28(45)16-24-10-12-26(58)13-11-24)43(67)53-30(14-15-34(46)59)41(65)54-32(18-35(47)60)42(66)55-33(20-49-3)44(68)57(4)22-37(62)52-31(40(64)51-21-36(48)61)17-25-19-50-29-9-7-6-8-27(25)29/h6-13,19,23,28,30-33,38,49-50,58H,5,14-18,20-22,45H2,1-4H3,(H2,46,59)(H2,47,60)(H2,48,61)(H,51,64)(H,52,62)(H,53,67)(H,54,65)(H,55,66)(H,56,63)/t23-,28-,30-,31-,32-,33-,38-/m0/s1. The molecule has 370 valence electrons. The Morgan fingerprint density at radius 2 is 1.35 bits per heavy atom. The molecule has 0 saturated heterocycles. The molecule has 7 atom stereocenters. The largest absolute Gasteiger partial charge is 0.508 e. The molecule has 3 aromatic rings. The average molecular weight is 950 g/mol. The van der Waals surface area contributed by atoms with E-state index in [1.54, 1.807) is 38.2 Å². The van der Waals surface area contributed by atoms with Crippen molar-refractivity contribution in [1.29, 1.82) is 0 Å². The van der Waals surface area contributed by atoms with Crippen molar-refractivity contribution in [2.24, 2.45) is 28.9 Å². The van der Waals surface area contributed by atoms with E-state index in [0.29, 0.717) is 17.5 Å². The maximum Gasteiger partial charge on any atom is 0.246 e. The number of aromatic nitrogens is 1. The zero-order valence-electron chi connectivity index (χ0n) is 38.4. The van der Waals surface area contributed by atoms with Gasteiger partial charge in [0.15, 0.2) is 0 Å². The van der Waals surface area contributed by atoms with Crippen LogP contribution in [-0.4, -0.2) is 144 Å². The van der Waals surface area contributed by atoms with Crippen LogP contribution in [0.4, 0.5) is 0 Å².